The second-order valence-corrected chi connectivity index (χ2v) is 10.5. The molecule has 9 heteroatoms. The topological polar surface area (TPSA) is 75.7 Å². The number of amides is 1. The van der Waals surface area contributed by atoms with Crippen molar-refractivity contribution in [3.63, 3.8) is 0 Å². The van der Waals surface area contributed by atoms with E-state index in [0.29, 0.717) is 33.9 Å². The number of rotatable bonds is 9. The van der Waals surface area contributed by atoms with E-state index < -0.39 is 15.9 Å². The number of benzene rings is 3. The normalized spacial score (nSPS) is 11.2. The molecule has 0 saturated carbocycles. The van der Waals surface area contributed by atoms with Crippen molar-refractivity contribution in [2.75, 3.05) is 24.5 Å². The maximum Gasteiger partial charge on any atom is 0.264 e. The maximum absolute atomic E-state index is 13.5. The largest absolute Gasteiger partial charge is 0.496 e. The van der Waals surface area contributed by atoms with Gasteiger partial charge in [-0.2, -0.15) is 0 Å². The number of halogens is 2. The number of methoxy groups -OCH3 is 1. The zero-order valence-corrected chi connectivity index (χ0v) is 21.4. The molecule has 0 atom stereocenters. The fraction of sp³-hybridized carbons (Fsp3) is 0.208. The average Bonchev–Trinajstić information content (AvgIpc) is 2.79. The molecule has 1 N–H and O–H groups in total. The van der Waals surface area contributed by atoms with Gasteiger partial charge >= 0.3 is 0 Å². The van der Waals surface area contributed by atoms with E-state index in [1.165, 1.54) is 19.2 Å². The lowest BCUT2D eigenvalue weighted by molar-refractivity contribution is -0.119. The molecule has 0 unspecified atom stereocenters. The summed E-state index contributed by atoms with van der Waals surface area (Å²) in [4.78, 5) is 12.8. The van der Waals surface area contributed by atoms with E-state index in [4.69, 9.17) is 16.3 Å². The molecule has 0 fully saturated rings. The molecule has 174 valence electrons. The maximum atomic E-state index is 13.5. The summed E-state index contributed by atoms with van der Waals surface area (Å²) in [5, 5.41) is 3.45. The first-order valence-electron chi connectivity index (χ1n) is 10.1. The Balaban J connectivity index is 1.80. The third-order valence-corrected chi connectivity index (χ3v) is 7.61. The fourth-order valence-corrected chi connectivity index (χ4v) is 5.41. The average molecular weight is 552 g/mol. The minimum Gasteiger partial charge on any atom is -0.496 e. The first-order valence-corrected chi connectivity index (χ1v) is 12.8. The molecular formula is C24H24BrClN2O4S. The molecule has 33 heavy (non-hydrogen) atoms. The van der Waals surface area contributed by atoms with Crippen LogP contribution in [0.5, 0.6) is 5.75 Å². The van der Waals surface area contributed by atoms with Gasteiger partial charge < -0.3 is 10.1 Å². The molecule has 6 nitrogen and oxygen atoms in total. The second kappa shape index (κ2) is 11.0. The molecule has 1 amide bonds. The number of nitrogens with one attached hydrogen (secondary N) is 1. The summed E-state index contributed by atoms with van der Waals surface area (Å²) in [5.41, 5.74) is 2.40. The van der Waals surface area contributed by atoms with Crippen LogP contribution in [0.4, 0.5) is 5.69 Å². The molecule has 0 aliphatic carbocycles. The summed E-state index contributed by atoms with van der Waals surface area (Å²) in [6.07, 6.45) is 0.603. The van der Waals surface area contributed by atoms with Crippen molar-refractivity contribution in [1.29, 1.82) is 0 Å². The van der Waals surface area contributed by atoms with Crippen LogP contribution in [0.25, 0.3) is 0 Å². The lowest BCUT2D eigenvalue weighted by Crippen LogP contribution is -2.41. The Morgan fingerprint density at radius 3 is 2.33 bits per heavy atom. The Morgan fingerprint density at radius 2 is 1.73 bits per heavy atom. The second-order valence-electron chi connectivity index (χ2n) is 7.37. The summed E-state index contributed by atoms with van der Waals surface area (Å²) < 4.78 is 33.8. The molecule has 0 aliphatic rings. The van der Waals surface area contributed by atoms with Crippen molar-refractivity contribution >= 4 is 49.1 Å². The van der Waals surface area contributed by atoms with Gasteiger partial charge in [0.15, 0.2) is 0 Å². The van der Waals surface area contributed by atoms with Crippen LogP contribution < -0.4 is 14.4 Å². The summed E-state index contributed by atoms with van der Waals surface area (Å²) in [6.45, 7) is 1.93. The van der Waals surface area contributed by atoms with Gasteiger partial charge in [-0.05, 0) is 77.3 Å². The summed E-state index contributed by atoms with van der Waals surface area (Å²) in [6, 6.07) is 18.8. The van der Waals surface area contributed by atoms with Gasteiger partial charge in [0, 0.05) is 11.6 Å². The van der Waals surface area contributed by atoms with E-state index in [-0.39, 0.29) is 11.4 Å². The Morgan fingerprint density at radius 1 is 1.06 bits per heavy atom. The number of hydrogen-bond acceptors (Lipinski definition) is 4. The Hall–Kier alpha value is -2.55. The highest BCUT2D eigenvalue weighted by atomic mass is 79.9. The number of nitrogens with zero attached hydrogens (tertiary/aromatic N) is 1. The molecule has 3 aromatic rings. The molecule has 0 bridgehead atoms. The highest BCUT2D eigenvalue weighted by Gasteiger charge is 2.28. The van der Waals surface area contributed by atoms with E-state index in [9.17, 15) is 13.2 Å². The van der Waals surface area contributed by atoms with Crippen LogP contribution in [0.2, 0.25) is 5.02 Å². The molecule has 3 aromatic carbocycles. The number of hydrogen-bond donors (Lipinski definition) is 1. The van der Waals surface area contributed by atoms with Crippen molar-refractivity contribution in [1.82, 2.24) is 5.32 Å². The summed E-state index contributed by atoms with van der Waals surface area (Å²) >= 11 is 9.23. The molecule has 0 saturated heterocycles. The Kier molecular flexibility index (Phi) is 8.40. The molecule has 0 aliphatic heterocycles. The smallest absolute Gasteiger partial charge is 0.264 e. The zero-order valence-electron chi connectivity index (χ0n) is 18.2. The highest BCUT2D eigenvalue weighted by Crippen LogP contribution is 2.30. The molecule has 0 aromatic heterocycles. The van der Waals surface area contributed by atoms with E-state index in [1.807, 2.05) is 19.1 Å². The zero-order chi connectivity index (χ0) is 24.0. The summed E-state index contributed by atoms with van der Waals surface area (Å²) in [5.74, 6) is 0.108. The van der Waals surface area contributed by atoms with Crippen LogP contribution in [-0.2, 0) is 21.2 Å². The predicted molar refractivity (Wildman–Crippen MR) is 135 cm³/mol. The Labute approximate surface area is 207 Å². The lowest BCUT2D eigenvalue weighted by Gasteiger charge is -2.24. The standard InChI is InChI=1S/C24H24BrClN2O4S/c1-17-3-9-20(10-4-17)28(33(30,31)21-11-12-23(32-2)22(25)15-21)16-24(29)27-14-13-18-5-7-19(26)8-6-18/h3-12,15H,13-14,16H2,1-2H3,(H,27,29). The lowest BCUT2D eigenvalue weighted by atomic mass is 10.1. The van der Waals surface area contributed by atoms with Crippen molar-refractivity contribution in [2.45, 2.75) is 18.2 Å². The van der Waals surface area contributed by atoms with E-state index >= 15 is 0 Å². The van der Waals surface area contributed by atoms with Gasteiger partial charge in [-0.25, -0.2) is 8.42 Å². The van der Waals surface area contributed by atoms with Crippen molar-refractivity contribution in [2.24, 2.45) is 0 Å². The number of aryl methyl sites for hydroxylation is 1. The van der Waals surface area contributed by atoms with Gasteiger partial charge in [-0.15, -0.1) is 0 Å². The molecule has 0 heterocycles. The highest BCUT2D eigenvalue weighted by molar-refractivity contribution is 9.10. The third-order valence-electron chi connectivity index (χ3n) is 4.97. The number of anilines is 1. The fourth-order valence-electron chi connectivity index (χ4n) is 3.14. The van der Waals surface area contributed by atoms with Gasteiger partial charge in [0.1, 0.15) is 12.3 Å². The first kappa shape index (κ1) is 25.1. The van der Waals surface area contributed by atoms with Gasteiger partial charge in [-0.1, -0.05) is 41.4 Å². The molecule has 0 spiro atoms. The van der Waals surface area contributed by atoms with Gasteiger partial charge in [-0.3, -0.25) is 9.10 Å². The van der Waals surface area contributed by atoms with Crippen LogP contribution >= 0.6 is 27.5 Å². The quantitative estimate of drug-likeness (QED) is 0.407. The predicted octanol–water partition coefficient (Wildman–Crippen LogP) is 4.97. The summed E-state index contributed by atoms with van der Waals surface area (Å²) in [7, 11) is -2.52. The first-order chi connectivity index (χ1) is 15.7. The molecular weight excluding hydrogens is 528 g/mol. The minimum atomic E-state index is -4.02. The van der Waals surface area contributed by atoms with Gasteiger partial charge in [0.25, 0.3) is 10.0 Å². The number of ether oxygens (including phenoxy) is 1. The SMILES string of the molecule is COc1ccc(S(=O)(=O)N(CC(=O)NCCc2ccc(Cl)cc2)c2ccc(C)cc2)cc1Br. The van der Waals surface area contributed by atoms with E-state index in [1.54, 1.807) is 42.5 Å². The molecule has 3 rings (SSSR count). The van der Waals surface area contributed by atoms with Crippen LogP contribution in [0.15, 0.2) is 76.1 Å². The van der Waals surface area contributed by atoms with Gasteiger partial charge in [0.2, 0.25) is 5.91 Å². The minimum absolute atomic E-state index is 0.0460. The van der Waals surface area contributed by atoms with Crippen LogP contribution in [0.3, 0.4) is 0 Å². The van der Waals surface area contributed by atoms with Crippen molar-refractivity contribution < 1.29 is 17.9 Å². The number of carbonyl (C=O) groups excluding carboxylic acids is 1. The Bertz CT molecular complexity index is 1220. The third kappa shape index (κ3) is 6.50. The van der Waals surface area contributed by atoms with E-state index in [2.05, 4.69) is 21.2 Å². The van der Waals surface area contributed by atoms with Crippen LogP contribution in [-0.4, -0.2) is 34.5 Å². The number of sulfonamides is 1. The van der Waals surface area contributed by atoms with Crippen molar-refractivity contribution in [3.05, 3.63) is 87.4 Å². The van der Waals surface area contributed by atoms with Gasteiger partial charge in [0.05, 0.1) is 22.2 Å². The van der Waals surface area contributed by atoms with Crippen molar-refractivity contribution in [3.8, 4) is 5.75 Å². The monoisotopic (exact) mass is 550 g/mol. The molecule has 0 radical (unpaired) electrons. The van der Waals surface area contributed by atoms with Crippen LogP contribution in [0, 0.1) is 6.92 Å². The van der Waals surface area contributed by atoms with E-state index in [0.717, 1.165) is 15.4 Å². The van der Waals surface area contributed by atoms with Crippen LogP contribution in [0.1, 0.15) is 11.1 Å². The number of carbonyl (C=O) groups is 1.